The first-order valence-electron chi connectivity index (χ1n) is 13.8. The summed E-state index contributed by atoms with van der Waals surface area (Å²) in [7, 11) is 0. The number of nitrogens with zero attached hydrogens (tertiary/aromatic N) is 2. The third-order valence-corrected chi connectivity index (χ3v) is 7.20. The van der Waals surface area contributed by atoms with Crippen molar-refractivity contribution in [3.05, 3.63) is 137 Å². The molecule has 0 saturated heterocycles. The number of hydrogen-bond donors (Lipinski definition) is 0. The normalized spacial score (nSPS) is 13.6. The molecule has 0 fully saturated rings. The van der Waals surface area contributed by atoms with Crippen LogP contribution in [0.25, 0.3) is 23.0 Å². The molecule has 5 aromatic rings. The Morgan fingerprint density at radius 3 is 2.39 bits per heavy atom. The minimum Gasteiger partial charge on any atom is -0.488 e. The molecule has 0 unspecified atom stereocenters. The molecule has 0 atom stereocenters. The molecular weight excluding hydrogens is 508 g/mol. The Bertz CT molecular complexity index is 1720. The number of benzene rings is 4. The number of carbonyl (C=O) groups is 1. The molecule has 1 aliphatic rings. The third-order valence-electron chi connectivity index (χ3n) is 7.20. The van der Waals surface area contributed by atoms with Crippen LogP contribution >= 0.6 is 0 Å². The van der Waals surface area contributed by atoms with E-state index in [2.05, 4.69) is 31.2 Å². The standard InChI is InChI=1S/C36H32N2O3/c1-25-14-16-27(17-15-25)34-28(23-38(37-34)29-12-8-5-9-13-29)18-20-32(39)30-19-21-33(31-22-36(2,3)41-35(30)31)40-24-26-10-6-4-7-11-26/h4-21,23H,22,24H2,1-3H3/b20-18+. The Balaban J connectivity index is 1.32. The number of carbonyl (C=O) groups excluding carboxylic acids is 1. The van der Waals surface area contributed by atoms with Gasteiger partial charge in [0.15, 0.2) is 5.78 Å². The number of rotatable bonds is 8. The summed E-state index contributed by atoms with van der Waals surface area (Å²) < 4.78 is 14.3. The van der Waals surface area contributed by atoms with Gasteiger partial charge in [-0.05, 0) is 62.8 Å². The van der Waals surface area contributed by atoms with Crippen molar-refractivity contribution >= 4 is 11.9 Å². The van der Waals surface area contributed by atoms with Gasteiger partial charge >= 0.3 is 0 Å². The summed E-state index contributed by atoms with van der Waals surface area (Å²) in [5.41, 5.74) is 6.90. The smallest absolute Gasteiger partial charge is 0.189 e. The first kappa shape index (κ1) is 26.3. The molecule has 204 valence electrons. The summed E-state index contributed by atoms with van der Waals surface area (Å²) in [5.74, 6) is 1.23. The average molecular weight is 541 g/mol. The van der Waals surface area contributed by atoms with Crippen molar-refractivity contribution in [2.45, 2.75) is 39.4 Å². The van der Waals surface area contributed by atoms with Crippen LogP contribution in [0, 0.1) is 6.92 Å². The van der Waals surface area contributed by atoms with Crippen LogP contribution in [-0.2, 0) is 13.0 Å². The lowest BCUT2D eigenvalue weighted by Crippen LogP contribution is -2.25. The van der Waals surface area contributed by atoms with E-state index in [1.165, 1.54) is 5.56 Å². The van der Waals surface area contributed by atoms with Crippen molar-refractivity contribution in [2.24, 2.45) is 0 Å². The van der Waals surface area contributed by atoms with Gasteiger partial charge in [0.25, 0.3) is 0 Å². The van der Waals surface area contributed by atoms with Crippen LogP contribution in [-0.4, -0.2) is 21.2 Å². The highest BCUT2D eigenvalue weighted by Gasteiger charge is 2.35. The molecule has 6 rings (SSSR count). The topological polar surface area (TPSA) is 53.4 Å². The molecule has 0 bridgehead atoms. The van der Waals surface area contributed by atoms with Crippen molar-refractivity contribution in [1.29, 1.82) is 0 Å². The fraction of sp³-hybridized carbons (Fsp3) is 0.167. The zero-order valence-corrected chi connectivity index (χ0v) is 23.5. The summed E-state index contributed by atoms with van der Waals surface area (Å²) >= 11 is 0. The van der Waals surface area contributed by atoms with E-state index < -0.39 is 5.60 Å². The number of aryl methyl sites for hydroxylation is 1. The first-order valence-corrected chi connectivity index (χ1v) is 13.8. The van der Waals surface area contributed by atoms with Gasteiger partial charge in [-0.1, -0.05) is 78.4 Å². The molecule has 5 nitrogen and oxygen atoms in total. The van der Waals surface area contributed by atoms with Crippen LogP contribution < -0.4 is 9.47 Å². The molecule has 1 aromatic heterocycles. The number of hydrogen-bond acceptors (Lipinski definition) is 4. The second-order valence-corrected chi connectivity index (χ2v) is 11.0. The van der Waals surface area contributed by atoms with Crippen LogP contribution in [0.5, 0.6) is 11.5 Å². The van der Waals surface area contributed by atoms with Crippen molar-refractivity contribution in [3.8, 4) is 28.4 Å². The molecule has 2 heterocycles. The maximum atomic E-state index is 13.6. The van der Waals surface area contributed by atoms with Gasteiger partial charge in [0.2, 0.25) is 0 Å². The monoisotopic (exact) mass is 540 g/mol. The van der Waals surface area contributed by atoms with Gasteiger partial charge in [-0.25, -0.2) is 4.68 Å². The van der Waals surface area contributed by atoms with Crippen molar-refractivity contribution in [3.63, 3.8) is 0 Å². The molecule has 4 aromatic carbocycles. The van der Waals surface area contributed by atoms with E-state index in [4.69, 9.17) is 14.6 Å². The summed E-state index contributed by atoms with van der Waals surface area (Å²) in [6, 6.07) is 32.0. The lowest BCUT2D eigenvalue weighted by Gasteiger charge is -2.17. The van der Waals surface area contributed by atoms with Gasteiger partial charge < -0.3 is 9.47 Å². The fourth-order valence-electron chi connectivity index (χ4n) is 5.11. The van der Waals surface area contributed by atoms with E-state index in [0.29, 0.717) is 24.3 Å². The van der Waals surface area contributed by atoms with E-state index in [1.807, 2.05) is 104 Å². The molecule has 0 radical (unpaired) electrons. The van der Waals surface area contributed by atoms with Crippen LogP contribution in [0.1, 0.15) is 46.5 Å². The molecule has 41 heavy (non-hydrogen) atoms. The highest BCUT2D eigenvalue weighted by molar-refractivity contribution is 6.09. The number of allylic oxidation sites excluding steroid dienone is 1. The van der Waals surface area contributed by atoms with Crippen LogP contribution in [0.15, 0.2) is 109 Å². The first-order chi connectivity index (χ1) is 19.9. The molecule has 0 saturated carbocycles. The Hall–Kier alpha value is -4.90. The van der Waals surface area contributed by atoms with Crippen molar-refractivity contribution in [1.82, 2.24) is 9.78 Å². The number of ether oxygens (including phenoxy) is 2. The van der Waals surface area contributed by atoms with Gasteiger partial charge in [0.05, 0.1) is 16.9 Å². The van der Waals surface area contributed by atoms with Gasteiger partial charge in [0.1, 0.15) is 23.7 Å². The van der Waals surface area contributed by atoms with Gasteiger partial charge in [0, 0.05) is 29.3 Å². The minimum absolute atomic E-state index is 0.129. The Morgan fingerprint density at radius 2 is 1.66 bits per heavy atom. The molecular formula is C36H32N2O3. The fourth-order valence-corrected chi connectivity index (χ4v) is 5.11. The second-order valence-electron chi connectivity index (χ2n) is 11.0. The van der Waals surface area contributed by atoms with E-state index in [1.54, 1.807) is 6.08 Å². The van der Waals surface area contributed by atoms with E-state index in [-0.39, 0.29) is 5.78 Å². The van der Waals surface area contributed by atoms with Crippen LogP contribution in [0.2, 0.25) is 0 Å². The highest BCUT2D eigenvalue weighted by atomic mass is 16.5. The number of fused-ring (bicyclic) bond motifs is 1. The average Bonchev–Trinajstić information content (AvgIpc) is 3.56. The molecule has 1 aliphatic heterocycles. The predicted molar refractivity (Wildman–Crippen MR) is 163 cm³/mol. The third kappa shape index (κ3) is 5.71. The second kappa shape index (κ2) is 10.9. The summed E-state index contributed by atoms with van der Waals surface area (Å²) in [6.45, 7) is 6.58. The Kier molecular flexibility index (Phi) is 7.02. The zero-order chi connectivity index (χ0) is 28.4. The lowest BCUT2D eigenvalue weighted by molar-refractivity contribution is 0.103. The highest BCUT2D eigenvalue weighted by Crippen LogP contribution is 2.43. The van der Waals surface area contributed by atoms with E-state index in [0.717, 1.165) is 39.4 Å². The maximum absolute atomic E-state index is 13.6. The Morgan fingerprint density at radius 1 is 0.951 bits per heavy atom. The minimum atomic E-state index is -0.428. The molecule has 0 spiro atoms. The quantitative estimate of drug-likeness (QED) is 0.148. The molecule has 0 aliphatic carbocycles. The number of ketones is 1. The summed E-state index contributed by atoms with van der Waals surface area (Å²) in [5, 5.41) is 4.88. The SMILES string of the molecule is Cc1ccc(-c2nn(-c3ccccc3)cc2/C=C/C(=O)c2ccc(OCc3ccccc3)c3c2OC(C)(C)C3)cc1. The van der Waals surface area contributed by atoms with Crippen molar-refractivity contribution in [2.75, 3.05) is 0 Å². The number of para-hydroxylation sites is 1. The van der Waals surface area contributed by atoms with Gasteiger partial charge in [-0.3, -0.25) is 4.79 Å². The largest absolute Gasteiger partial charge is 0.488 e. The van der Waals surface area contributed by atoms with Crippen molar-refractivity contribution < 1.29 is 14.3 Å². The zero-order valence-electron chi connectivity index (χ0n) is 23.5. The maximum Gasteiger partial charge on any atom is 0.189 e. The van der Waals surface area contributed by atoms with Gasteiger partial charge in [-0.2, -0.15) is 5.10 Å². The molecule has 0 amide bonds. The van der Waals surface area contributed by atoms with Gasteiger partial charge in [-0.15, -0.1) is 0 Å². The summed E-state index contributed by atoms with van der Waals surface area (Å²) in [6.07, 6.45) is 6.08. The Labute approximate surface area is 240 Å². The molecule has 5 heteroatoms. The van der Waals surface area contributed by atoms with E-state index >= 15 is 0 Å². The van der Waals surface area contributed by atoms with Crippen LogP contribution in [0.4, 0.5) is 0 Å². The predicted octanol–water partition coefficient (Wildman–Crippen LogP) is 8.04. The summed E-state index contributed by atoms with van der Waals surface area (Å²) in [4.78, 5) is 13.6. The lowest BCUT2D eigenvalue weighted by atomic mass is 9.98. The van der Waals surface area contributed by atoms with Crippen LogP contribution in [0.3, 0.4) is 0 Å². The van der Waals surface area contributed by atoms with E-state index in [9.17, 15) is 4.79 Å². The molecule has 0 N–H and O–H groups in total. The number of aromatic nitrogens is 2.